The Hall–Kier alpha value is -3.14. The standard InChI is InChI=1S/C15H16N6O3S/c1-16-15(22)18-13-9-21-14(17-13)7-6-12(19-21)10-4-3-5-11(8-10)20-25(2,23)24/h3-9,20H,1-2H3,(H2,16,18,22). The van der Waals surface area contributed by atoms with Gasteiger partial charge >= 0.3 is 6.03 Å². The molecule has 0 saturated heterocycles. The van der Waals surface area contributed by atoms with Crippen LogP contribution in [0.4, 0.5) is 16.3 Å². The van der Waals surface area contributed by atoms with Gasteiger partial charge in [-0.05, 0) is 24.3 Å². The second-order valence-corrected chi connectivity index (χ2v) is 7.06. The summed E-state index contributed by atoms with van der Waals surface area (Å²) in [5, 5.41) is 9.46. The second kappa shape index (κ2) is 6.40. The lowest BCUT2D eigenvalue weighted by Gasteiger charge is -2.06. The number of hydrogen-bond acceptors (Lipinski definition) is 5. The predicted octanol–water partition coefficient (Wildman–Crippen LogP) is 1.52. The Bertz CT molecular complexity index is 1040. The first-order chi connectivity index (χ1) is 11.8. The fourth-order valence-electron chi connectivity index (χ4n) is 2.23. The average molecular weight is 360 g/mol. The van der Waals surface area contributed by atoms with Crippen LogP contribution in [0.5, 0.6) is 0 Å². The molecule has 3 rings (SSSR count). The largest absolute Gasteiger partial charge is 0.341 e. The minimum absolute atomic E-state index is 0.372. The zero-order chi connectivity index (χ0) is 18.0. The van der Waals surface area contributed by atoms with Crippen LogP contribution in [0.3, 0.4) is 0 Å². The van der Waals surface area contributed by atoms with Crippen molar-refractivity contribution in [2.75, 3.05) is 23.3 Å². The molecular weight excluding hydrogens is 344 g/mol. The van der Waals surface area contributed by atoms with E-state index in [1.54, 1.807) is 36.5 Å². The van der Waals surface area contributed by atoms with Crippen LogP contribution in [0.2, 0.25) is 0 Å². The van der Waals surface area contributed by atoms with Gasteiger partial charge in [-0.3, -0.25) is 10.0 Å². The molecule has 25 heavy (non-hydrogen) atoms. The molecule has 0 radical (unpaired) electrons. The molecule has 1 aromatic carbocycles. The molecule has 0 unspecified atom stereocenters. The minimum Gasteiger partial charge on any atom is -0.341 e. The number of aromatic nitrogens is 3. The van der Waals surface area contributed by atoms with Crippen molar-refractivity contribution in [3.05, 3.63) is 42.6 Å². The van der Waals surface area contributed by atoms with Gasteiger partial charge in [0.1, 0.15) is 0 Å². The summed E-state index contributed by atoms with van der Waals surface area (Å²) in [6.07, 6.45) is 2.68. The number of sulfonamides is 1. The number of urea groups is 1. The van der Waals surface area contributed by atoms with Crippen molar-refractivity contribution in [1.82, 2.24) is 19.9 Å². The van der Waals surface area contributed by atoms with Gasteiger partial charge in [0.15, 0.2) is 11.5 Å². The summed E-state index contributed by atoms with van der Waals surface area (Å²) in [7, 11) is -1.84. The van der Waals surface area contributed by atoms with Gasteiger partial charge < -0.3 is 5.32 Å². The molecule has 0 saturated carbocycles. The number of nitrogens with one attached hydrogen (secondary N) is 3. The number of amides is 2. The zero-order valence-corrected chi connectivity index (χ0v) is 14.3. The van der Waals surface area contributed by atoms with Crippen molar-refractivity contribution in [2.24, 2.45) is 0 Å². The highest BCUT2D eigenvalue weighted by Gasteiger charge is 2.08. The van der Waals surface area contributed by atoms with Crippen LogP contribution in [-0.4, -0.2) is 42.4 Å². The molecule has 2 aromatic heterocycles. The Morgan fingerprint density at radius 1 is 1.20 bits per heavy atom. The smallest absolute Gasteiger partial charge is 0.320 e. The lowest BCUT2D eigenvalue weighted by Crippen LogP contribution is -2.24. The van der Waals surface area contributed by atoms with Gasteiger partial charge in [0, 0.05) is 18.3 Å². The van der Waals surface area contributed by atoms with Crippen molar-refractivity contribution >= 4 is 33.2 Å². The monoisotopic (exact) mass is 360 g/mol. The molecular formula is C15H16N6O3S. The summed E-state index contributed by atoms with van der Waals surface area (Å²) >= 11 is 0. The highest BCUT2D eigenvalue weighted by molar-refractivity contribution is 7.92. The summed E-state index contributed by atoms with van der Waals surface area (Å²) in [5.41, 5.74) is 2.40. The van der Waals surface area contributed by atoms with Crippen LogP contribution in [0.25, 0.3) is 16.9 Å². The molecule has 0 aliphatic carbocycles. The van der Waals surface area contributed by atoms with Crippen molar-refractivity contribution in [3.63, 3.8) is 0 Å². The van der Waals surface area contributed by atoms with Crippen molar-refractivity contribution in [1.29, 1.82) is 0 Å². The molecule has 3 aromatic rings. The first kappa shape index (κ1) is 16.7. The number of imidazole rings is 1. The number of hydrogen-bond donors (Lipinski definition) is 3. The van der Waals surface area contributed by atoms with E-state index < -0.39 is 10.0 Å². The van der Waals surface area contributed by atoms with Gasteiger partial charge in [-0.15, -0.1) is 0 Å². The third-order valence-corrected chi connectivity index (χ3v) is 3.86. The fraction of sp³-hybridized carbons (Fsp3) is 0.133. The van der Waals surface area contributed by atoms with Crippen molar-refractivity contribution in [3.8, 4) is 11.3 Å². The normalized spacial score (nSPS) is 11.3. The third kappa shape index (κ3) is 4.04. The summed E-state index contributed by atoms with van der Waals surface area (Å²) in [6.45, 7) is 0. The molecule has 0 aliphatic heterocycles. The van der Waals surface area contributed by atoms with Crippen LogP contribution in [-0.2, 0) is 10.0 Å². The predicted molar refractivity (Wildman–Crippen MR) is 95.0 cm³/mol. The number of fused-ring (bicyclic) bond motifs is 1. The third-order valence-electron chi connectivity index (χ3n) is 3.25. The number of nitrogens with zero attached hydrogens (tertiary/aromatic N) is 3. The lowest BCUT2D eigenvalue weighted by atomic mass is 10.1. The topological polar surface area (TPSA) is 117 Å². The van der Waals surface area contributed by atoms with Crippen molar-refractivity contribution < 1.29 is 13.2 Å². The van der Waals surface area contributed by atoms with E-state index in [2.05, 4.69) is 25.4 Å². The number of benzene rings is 1. The van der Waals surface area contributed by atoms with Gasteiger partial charge in [0.25, 0.3) is 0 Å². The summed E-state index contributed by atoms with van der Waals surface area (Å²) < 4.78 is 26.7. The molecule has 0 spiro atoms. The summed E-state index contributed by atoms with van der Waals surface area (Å²) in [5.74, 6) is 0.372. The van der Waals surface area contributed by atoms with E-state index in [1.165, 1.54) is 11.6 Å². The van der Waals surface area contributed by atoms with E-state index in [-0.39, 0.29) is 6.03 Å². The van der Waals surface area contributed by atoms with E-state index in [9.17, 15) is 13.2 Å². The maximum absolute atomic E-state index is 11.4. The molecule has 0 atom stereocenters. The van der Waals surface area contributed by atoms with E-state index in [4.69, 9.17) is 0 Å². The molecule has 0 fully saturated rings. The van der Waals surface area contributed by atoms with Crippen LogP contribution in [0.1, 0.15) is 0 Å². The highest BCUT2D eigenvalue weighted by Crippen LogP contribution is 2.22. The van der Waals surface area contributed by atoms with E-state index >= 15 is 0 Å². The fourth-order valence-corrected chi connectivity index (χ4v) is 2.79. The number of rotatable bonds is 4. The van der Waals surface area contributed by atoms with Crippen LogP contribution in [0.15, 0.2) is 42.6 Å². The molecule has 0 aliphatic rings. The zero-order valence-electron chi connectivity index (χ0n) is 13.5. The Balaban J connectivity index is 1.93. The molecule has 3 N–H and O–H groups in total. The Kier molecular flexibility index (Phi) is 4.28. The second-order valence-electron chi connectivity index (χ2n) is 5.31. The molecule has 130 valence electrons. The van der Waals surface area contributed by atoms with Gasteiger partial charge in [-0.25, -0.2) is 22.7 Å². The maximum atomic E-state index is 11.4. The number of carbonyl (C=O) groups is 1. The van der Waals surface area contributed by atoms with Gasteiger partial charge in [0.05, 0.1) is 18.1 Å². The van der Waals surface area contributed by atoms with E-state index in [0.717, 1.165) is 11.8 Å². The molecule has 9 nitrogen and oxygen atoms in total. The van der Waals surface area contributed by atoms with Gasteiger partial charge in [-0.1, -0.05) is 12.1 Å². The minimum atomic E-state index is -3.35. The number of anilines is 2. The van der Waals surface area contributed by atoms with Crippen LogP contribution < -0.4 is 15.4 Å². The van der Waals surface area contributed by atoms with Gasteiger partial charge in [-0.2, -0.15) is 5.10 Å². The summed E-state index contributed by atoms with van der Waals surface area (Å²) in [6, 6.07) is 10.1. The quantitative estimate of drug-likeness (QED) is 0.652. The highest BCUT2D eigenvalue weighted by atomic mass is 32.2. The molecule has 2 amide bonds. The van der Waals surface area contributed by atoms with E-state index in [1.807, 2.05) is 6.07 Å². The SMILES string of the molecule is CNC(=O)Nc1cn2nc(-c3cccc(NS(C)(=O)=O)c3)ccc2n1. The van der Waals surface area contributed by atoms with E-state index in [0.29, 0.717) is 22.8 Å². The van der Waals surface area contributed by atoms with Crippen LogP contribution >= 0.6 is 0 Å². The van der Waals surface area contributed by atoms with Crippen molar-refractivity contribution in [2.45, 2.75) is 0 Å². The molecule has 0 bridgehead atoms. The maximum Gasteiger partial charge on any atom is 0.320 e. The lowest BCUT2D eigenvalue weighted by molar-refractivity contribution is 0.254. The summed E-state index contributed by atoms with van der Waals surface area (Å²) in [4.78, 5) is 15.6. The van der Waals surface area contributed by atoms with Gasteiger partial charge in [0.2, 0.25) is 10.0 Å². The Morgan fingerprint density at radius 2 is 2.00 bits per heavy atom. The Labute approximate surface area is 144 Å². The molecule has 10 heteroatoms. The first-order valence-corrected chi connectivity index (χ1v) is 9.16. The number of carbonyl (C=O) groups excluding carboxylic acids is 1. The Morgan fingerprint density at radius 3 is 2.72 bits per heavy atom. The first-order valence-electron chi connectivity index (χ1n) is 7.27. The van der Waals surface area contributed by atoms with Crippen LogP contribution in [0, 0.1) is 0 Å². The molecule has 2 heterocycles. The average Bonchev–Trinajstić information content (AvgIpc) is 2.94.